The van der Waals surface area contributed by atoms with Crippen LogP contribution < -0.4 is 10.6 Å². The van der Waals surface area contributed by atoms with E-state index in [1.165, 1.54) is 12.1 Å². The Hall–Kier alpha value is -2.49. The van der Waals surface area contributed by atoms with E-state index in [4.69, 9.17) is 4.74 Å². The average molecular weight is 410 g/mol. The molecule has 2 heterocycles. The SMILES string of the molecule is COCCC(C)Nc1nc(NC(C)C2CC2)nc(-c2cccc(C(F)(F)F)n2)n1. The second-order valence-electron chi connectivity index (χ2n) is 7.31. The van der Waals surface area contributed by atoms with Crippen LogP contribution in [0.1, 0.15) is 38.8 Å². The molecule has 1 aliphatic rings. The zero-order chi connectivity index (χ0) is 21.0. The first kappa shape index (κ1) is 21.2. The summed E-state index contributed by atoms with van der Waals surface area (Å²) in [5.41, 5.74) is -0.948. The van der Waals surface area contributed by atoms with Crippen molar-refractivity contribution in [2.45, 2.75) is 51.4 Å². The fourth-order valence-electron chi connectivity index (χ4n) is 2.84. The third-order valence-electron chi connectivity index (χ3n) is 4.72. The van der Waals surface area contributed by atoms with Crippen molar-refractivity contribution < 1.29 is 17.9 Å². The Labute approximate surface area is 167 Å². The summed E-state index contributed by atoms with van der Waals surface area (Å²) in [7, 11) is 1.62. The zero-order valence-corrected chi connectivity index (χ0v) is 16.6. The van der Waals surface area contributed by atoms with Gasteiger partial charge < -0.3 is 15.4 Å². The van der Waals surface area contributed by atoms with Gasteiger partial charge in [0.05, 0.1) is 0 Å². The maximum atomic E-state index is 13.0. The van der Waals surface area contributed by atoms with Crippen LogP contribution >= 0.6 is 0 Å². The minimum Gasteiger partial charge on any atom is -0.385 e. The van der Waals surface area contributed by atoms with E-state index in [-0.39, 0.29) is 29.6 Å². The minimum absolute atomic E-state index is 0.00775. The van der Waals surface area contributed by atoms with Crippen molar-refractivity contribution in [1.29, 1.82) is 0 Å². The van der Waals surface area contributed by atoms with Crippen LogP contribution in [0.25, 0.3) is 11.5 Å². The molecule has 1 aliphatic carbocycles. The summed E-state index contributed by atoms with van der Waals surface area (Å²) in [6, 6.07) is 3.84. The lowest BCUT2D eigenvalue weighted by Crippen LogP contribution is -2.22. The van der Waals surface area contributed by atoms with Gasteiger partial charge in [-0.2, -0.15) is 28.1 Å². The Kier molecular flexibility index (Phi) is 6.51. The van der Waals surface area contributed by atoms with Gasteiger partial charge in [0.15, 0.2) is 5.82 Å². The van der Waals surface area contributed by atoms with Gasteiger partial charge >= 0.3 is 6.18 Å². The molecule has 2 N–H and O–H groups in total. The van der Waals surface area contributed by atoms with Crippen LogP contribution in [0, 0.1) is 5.92 Å². The molecule has 3 rings (SSSR count). The van der Waals surface area contributed by atoms with E-state index in [1.807, 2.05) is 13.8 Å². The number of hydrogen-bond acceptors (Lipinski definition) is 7. The second-order valence-corrected chi connectivity index (χ2v) is 7.31. The van der Waals surface area contributed by atoms with E-state index in [0.717, 1.165) is 25.3 Å². The number of hydrogen-bond donors (Lipinski definition) is 2. The molecule has 2 atom stereocenters. The van der Waals surface area contributed by atoms with Gasteiger partial charge in [-0.1, -0.05) is 6.07 Å². The number of aromatic nitrogens is 4. The summed E-state index contributed by atoms with van der Waals surface area (Å²) >= 11 is 0. The molecular formula is C19H25F3N6O. The largest absolute Gasteiger partial charge is 0.433 e. The third-order valence-corrected chi connectivity index (χ3v) is 4.72. The van der Waals surface area contributed by atoms with E-state index in [2.05, 4.69) is 30.6 Å². The number of alkyl halides is 3. The van der Waals surface area contributed by atoms with Crippen molar-refractivity contribution in [1.82, 2.24) is 19.9 Å². The summed E-state index contributed by atoms with van der Waals surface area (Å²) in [5, 5.41) is 6.40. The highest BCUT2D eigenvalue weighted by Gasteiger charge is 2.33. The molecule has 2 unspecified atom stereocenters. The fourth-order valence-corrected chi connectivity index (χ4v) is 2.84. The van der Waals surface area contributed by atoms with E-state index in [1.54, 1.807) is 7.11 Å². The molecule has 0 bridgehead atoms. The van der Waals surface area contributed by atoms with Crippen molar-refractivity contribution in [2.24, 2.45) is 5.92 Å². The Morgan fingerprint density at radius 1 is 1.07 bits per heavy atom. The van der Waals surface area contributed by atoms with Gasteiger partial charge in [-0.25, -0.2) is 4.98 Å². The molecular weight excluding hydrogens is 385 g/mol. The van der Waals surface area contributed by atoms with Crippen LogP contribution in [0.2, 0.25) is 0 Å². The lowest BCUT2D eigenvalue weighted by Gasteiger charge is -2.17. The van der Waals surface area contributed by atoms with E-state index < -0.39 is 11.9 Å². The zero-order valence-electron chi connectivity index (χ0n) is 16.6. The number of nitrogens with zero attached hydrogens (tertiary/aromatic N) is 4. The maximum Gasteiger partial charge on any atom is 0.433 e. The van der Waals surface area contributed by atoms with Crippen LogP contribution in [0.15, 0.2) is 18.2 Å². The van der Waals surface area contributed by atoms with Gasteiger partial charge in [0.1, 0.15) is 11.4 Å². The normalized spacial score (nSPS) is 16.3. The molecule has 1 saturated carbocycles. The number of pyridine rings is 1. The number of nitrogens with one attached hydrogen (secondary N) is 2. The molecule has 2 aromatic heterocycles. The standard InChI is InChI=1S/C19H25F3N6O/c1-11(9-10-29-3)23-17-26-16(14-5-4-6-15(25-14)19(20,21)22)27-18(28-17)24-12(2)13-7-8-13/h4-6,11-13H,7-10H2,1-3H3,(H2,23,24,26,27,28). The van der Waals surface area contributed by atoms with Crippen LogP contribution in [-0.4, -0.2) is 45.7 Å². The molecule has 0 aliphatic heterocycles. The van der Waals surface area contributed by atoms with E-state index in [0.29, 0.717) is 18.5 Å². The number of anilines is 2. The van der Waals surface area contributed by atoms with Gasteiger partial charge in [0, 0.05) is 25.8 Å². The minimum atomic E-state index is -4.54. The summed E-state index contributed by atoms with van der Waals surface area (Å²) < 4.78 is 44.2. The molecule has 7 nitrogen and oxygen atoms in total. The highest BCUT2D eigenvalue weighted by molar-refractivity contribution is 5.54. The van der Waals surface area contributed by atoms with Crippen molar-refractivity contribution in [3.63, 3.8) is 0 Å². The first-order valence-corrected chi connectivity index (χ1v) is 9.59. The highest BCUT2D eigenvalue weighted by Crippen LogP contribution is 2.34. The smallest absolute Gasteiger partial charge is 0.385 e. The number of halogens is 3. The molecule has 29 heavy (non-hydrogen) atoms. The first-order valence-electron chi connectivity index (χ1n) is 9.59. The summed E-state index contributed by atoms with van der Waals surface area (Å²) in [5.74, 6) is 1.23. The average Bonchev–Trinajstić information content (AvgIpc) is 3.51. The lowest BCUT2D eigenvalue weighted by atomic mass is 10.2. The molecule has 158 valence electrons. The van der Waals surface area contributed by atoms with Gasteiger partial charge in [0.2, 0.25) is 11.9 Å². The predicted molar refractivity (Wildman–Crippen MR) is 103 cm³/mol. The third kappa shape index (κ3) is 5.99. The van der Waals surface area contributed by atoms with E-state index in [9.17, 15) is 13.2 Å². The number of methoxy groups -OCH3 is 1. The van der Waals surface area contributed by atoms with Crippen LogP contribution in [0.3, 0.4) is 0 Å². The fraction of sp³-hybridized carbons (Fsp3) is 0.579. The Balaban J connectivity index is 1.91. The monoisotopic (exact) mass is 410 g/mol. The summed E-state index contributed by atoms with van der Waals surface area (Å²) in [6.45, 7) is 4.55. The summed E-state index contributed by atoms with van der Waals surface area (Å²) in [6.07, 6.45) is -1.54. The highest BCUT2D eigenvalue weighted by atomic mass is 19.4. The Bertz CT molecular complexity index is 828. The van der Waals surface area contributed by atoms with Crippen molar-refractivity contribution >= 4 is 11.9 Å². The number of ether oxygens (including phenoxy) is 1. The molecule has 0 radical (unpaired) electrons. The lowest BCUT2D eigenvalue weighted by molar-refractivity contribution is -0.141. The quantitative estimate of drug-likeness (QED) is 0.646. The van der Waals surface area contributed by atoms with Gasteiger partial charge in [-0.05, 0) is 51.2 Å². The van der Waals surface area contributed by atoms with Crippen molar-refractivity contribution in [3.8, 4) is 11.5 Å². The van der Waals surface area contributed by atoms with Crippen molar-refractivity contribution in [3.05, 3.63) is 23.9 Å². The summed E-state index contributed by atoms with van der Waals surface area (Å²) in [4.78, 5) is 16.7. The molecule has 10 heteroatoms. The molecule has 0 spiro atoms. The van der Waals surface area contributed by atoms with Gasteiger partial charge in [0.25, 0.3) is 0 Å². The first-order chi connectivity index (χ1) is 13.8. The van der Waals surface area contributed by atoms with Crippen LogP contribution in [-0.2, 0) is 10.9 Å². The Morgan fingerprint density at radius 3 is 2.38 bits per heavy atom. The van der Waals surface area contributed by atoms with Crippen molar-refractivity contribution in [2.75, 3.05) is 24.4 Å². The van der Waals surface area contributed by atoms with E-state index >= 15 is 0 Å². The molecule has 2 aromatic rings. The molecule has 1 fully saturated rings. The molecule has 0 saturated heterocycles. The molecule has 0 amide bonds. The Morgan fingerprint density at radius 2 is 1.76 bits per heavy atom. The van der Waals surface area contributed by atoms with Crippen LogP contribution in [0.4, 0.5) is 25.1 Å². The van der Waals surface area contributed by atoms with Gasteiger partial charge in [-0.15, -0.1) is 0 Å². The molecule has 0 aromatic carbocycles. The predicted octanol–water partition coefficient (Wildman–Crippen LogP) is 4.00. The topological polar surface area (TPSA) is 84.9 Å². The number of rotatable bonds is 9. The second kappa shape index (κ2) is 8.89. The van der Waals surface area contributed by atoms with Crippen LogP contribution in [0.5, 0.6) is 0 Å². The maximum absolute atomic E-state index is 13.0. The van der Waals surface area contributed by atoms with Gasteiger partial charge in [-0.3, -0.25) is 0 Å².